The van der Waals surface area contributed by atoms with E-state index in [1.54, 1.807) is 6.92 Å². The zero-order chi connectivity index (χ0) is 13.4. The number of rotatable bonds is 4. The van der Waals surface area contributed by atoms with Gasteiger partial charge in [0, 0.05) is 6.04 Å². The number of esters is 1. The average molecular weight is 251 g/mol. The van der Waals surface area contributed by atoms with E-state index in [4.69, 9.17) is 4.74 Å². The van der Waals surface area contributed by atoms with Crippen molar-refractivity contribution in [3.8, 4) is 0 Å². The number of ether oxygens (including phenoxy) is 1. The average Bonchev–Trinajstić information content (AvgIpc) is 2.32. The van der Waals surface area contributed by atoms with Crippen molar-refractivity contribution < 1.29 is 14.3 Å². The minimum atomic E-state index is -0.265. The van der Waals surface area contributed by atoms with Crippen LogP contribution in [0.25, 0.3) is 0 Å². The van der Waals surface area contributed by atoms with Crippen molar-refractivity contribution in [1.29, 1.82) is 0 Å². The maximum absolute atomic E-state index is 11.9. The van der Waals surface area contributed by atoms with Gasteiger partial charge >= 0.3 is 5.97 Å². The maximum atomic E-state index is 11.9. The third-order valence-corrected chi connectivity index (χ3v) is 3.04. The monoisotopic (exact) mass is 251 g/mol. The van der Waals surface area contributed by atoms with E-state index in [1.165, 1.54) is 6.08 Å². The first-order chi connectivity index (χ1) is 8.69. The maximum Gasteiger partial charge on any atom is 0.311 e. The Morgan fingerprint density at radius 1 is 1.39 bits per heavy atom. The molecular weight excluding hydrogens is 230 g/mol. The minimum absolute atomic E-state index is 0.167. The van der Waals surface area contributed by atoms with Gasteiger partial charge in [0.1, 0.15) is 0 Å². The summed E-state index contributed by atoms with van der Waals surface area (Å²) in [7, 11) is 0. The van der Waals surface area contributed by atoms with Gasteiger partial charge < -0.3 is 10.1 Å². The van der Waals surface area contributed by atoms with Crippen molar-refractivity contribution in [3.63, 3.8) is 0 Å². The van der Waals surface area contributed by atoms with Crippen LogP contribution in [0.4, 0.5) is 0 Å². The van der Waals surface area contributed by atoms with E-state index in [0.717, 1.165) is 19.3 Å². The lowest BCUT2D eigenvalue weighted by Gasteiger charge is -2.26. The summed E-state index contributed by atoms with van der Waals surface area (Å²) in [4.78, 5) is 23.3. The van der Waals surface area contributed by atoms with Crippen LogP contribution in [0.3, 0.4) is 0 Å². The summed E-state index contributed by atoms with van der Waals surface area (Å²) in [6, 6.07) is -0.167. The Morgan fingerprint density at radius 2 is 2.06 bits per heavy atom. The van der Waals surface area contributed by atoms with Gasteiger partial charge in [0.25, 0.3) is 0 Å². The molecule has 0 heterocycles. The predicted molar refractivity (Wildman–Crippen MR) is 69.9 cm³/mol. The first-order valence-corrected chi connectivity index (χ1v) is 6.43. The van der Waals surface area contributed by atoms with Crippen molar-refractivity contribution in [2.45, 2.75) is 38.6 Å². The summed E-state index contributed by atoms with van der Waals surface area (Å²) in [5.74, 6) is -0.722. The topological polar surface area (TPSA) is 55.4 Å². The van der Waals surface area contributed by atoms with Gasteiger partial charge in [0.15, 0.2) is 0 Å². The fourth-order valence-electron chi connectivity index (χ4n) is 2.14. The fraction of sp³-hybridized carbons (Fsp3) is 0.571. The molecule has 1 N–H and O–H groups in total. The second-order valence-electron chi connectivity index (χ2n) is 4.30. The molecule has 0 aliphatic heterocycles. The fourth-order valence-corrected chi connectivity index (χ4v) is 2.14. The number of carbonyl (C=O) groups is 2. The third-order valence-electron chi connectivity index (χ3n) is 3.04. The highest BCUT2D eigenvalue weighted by Crippen LogP contribution is 2.21. The zero-order valence-electron chi connectivity index (χ0n) is 10.9. The summed E-state index contributed by atoms with van der Waals surface area (Å²) in [6.45, 7) is 5.59. The van der Waals surface area contributed by atoms with Crippen LogP contribution in [0.1, 0.15) is 32.6 Å². The van der Waals surface area contributed by atoms with Crippen LogP contribution in [0.15, 0.2) is 24.8 Å². The molecule has 0 spiro atoms. The van der Waals surface area contributed by atoms with Crippen LogP contribution in [-0.4, -0.2) is 24.5 Å². The summed E-state index contributed by atoms with van der Waals surface area (Å²) in [6.07, 6.45) is 8.56. The molecule has 18 heavy (non-hydrogen) atoms. The van der Waals surface area contributed by atoms with E-state index in [1.807, 2.05) is 0 Å². The summed E-state index contributed by atoms with van der Waals surface area (Å²) in [5.41, 5.74) is 0. The molecule has 0 saturated carbocycles. The molecule has 0 aromatic rings. The lowest BCUT2D eigenvalue weighted by atomic mass is 9.89. The second kappa shape index (κ2) is 7.69. The highest BCUT2D eigenvalue weighted by atomic mass is 16.5. The largest absolute Gasteiger partial charge is 0.466 e. The van der Waals surface area contributed by atoms with E-state index in [0.29, 0.717) is 13.0 Å². The highest BCUT2D eigenvalue weighted by Gasteiger charge is 2.29. The Hall–Kier alpha value is -1.58. The predicted octanol–water partition coefficient (Wildman–Crippen LogP) is 1.97. The van der Waals surface area contributed by atoms with Crippen molar-refractivity contribution >= 4 is 11.9 Å². The Morgan fingerprint density at radius 3 is 2.67 bits per heavy atom. The van der Waals surface area contributed by atoms with Gasteiger partial charge in [0.05, 0.1) is 12.5 Å². The first-order valence-electron chi connectivity index (χ1n) is 6.43. The molecule has 0 fully saturated rings. The normalized spacial score (nSPS) is 25.4. The Labute approximate surface area is 108 Å². The van der Waals surface area contributed by atoms with Crippen molar-refractivity contribution in [1.82, 2.24) is 5.32 Å². The van der Waals surface area contributed by atoms with E-state index in [-0.39, 0.29) is 23.8 Å². The Balaban J connectivity index is 2.75. The smallest absolute Gasteiger partial charge is 0.311 e. The van der Waals surface area contributed by atoms with Crippen LogP contribution >= 0.6 is 0 Å². The molecule has 100 valence electrons. The molecule has 4 heteroatoms. The van der Waals surface area contributed by atoms with Gasteiger partial charge in [-0.25, -0.2) is 0 Å². The van der Waals surface area contributed by atoms with Crippen molar-refractivity contribution in [2.75, 3.05) is 6.61 Å². The molecular formula is C14H21NO3. The molecule has 1 aliphatic rings. The van der Waals surface area contributed by atoms with E-state index >= 15 is 0 Å². The quantitative estimate of drug-likeness (QED) is 0.472. The SMILES string of the molecule is C=CC(=O)N[C@H]1CC/C=C\CC[C@H]1C(=O)OCC. The molecule has 0 unspecified atom stereocenters. The summed E-state index contributed by atoms with van der Waals surface area (Å²) in [5, 5.41) is 2.83. The molecule has 0 radical (unpaired) electrons. The van der Waals surface area contributed by atoms with Gasteiger partial charge in [0.2, 0.25) is 5.91 Å². The van der Waals surface area contributed by atoms with Crippen molar-refractivity contribution in [2.24, 2.45) is 5.92 Å². The summed E-state index contributed by atoms with van der Waals surface area (Å²) >= 11 is 0. The van der Waals surface area contributed by atoms with Gasteiger partial charge in [-0.3, -0.25) is 9.59 Å². The van der Waals surface area contributed by atoms with Crippen LogP contribution in [-0.2, 0) is 14.3 Å². The second-order valence-corrected chi connectivity index (χ2v) is 4.30. The molecule has 0 aromatic carbocycles. The number of hydrogen-bond donors (Lipinski definition) is 1. The summed E-state index contributed by atoms with van der Waals surface area (Å²) < 4.78 is 5.08. The number of nitrogens with one attached hydrogen (secondary N) is 1. The van der Waals surface area contributed by atoms with Crippen LogP contribution in [0, 0.1) is 5.92 Å². The lowest BCUT2D eigenvalue weighted by Crippen LogP contribution is -2.43. The first kappa shape index (κ1) is 14.5. The molecule has 4 nitrogen and oxygen atoms in total. The number of allylic oxidation sites excluding steroid dienone is 2. The zero-order valence-corrected chi connectivity index (χ0v) is 10.9. The molecule has 0 saturated heterocycles. The van der Waals surface area contributed by atoms with Crippen LogP contribution < -0.4 is 5.32 Å². The Kier molecular flexibility index (Phi) is 6.19. The highest BCUT2D eigenvalue weighted by molar-refractivity contribution is 5.87. The van der Waals surface area contributed by atoms with E-state index in [2.05, 4.69) is 24.0 Å². The number of carbonyl (C=O) groups excluding carboxylic acids is 2. The minimum Gasteiger partial charge on any atom is -0.466 e. The number of amides is 1. The van der Waals surface area contributed by atoms with Crippen molar-refractivity contribution in [3.05, 3.63) is 24.8 Å². The Bertz CT molecular complexity index is 336. The molecule has 0 aromatic heterocycles. The van der Waals surface area contributed by atoms with E-state index < -0.39 is 0 Å². The van der Waals surface area contributed by atoms with Gasteiger partial charge in [-0.05, 0) is 38.7 Å². The van der Waals surface area contributed by atoms with Crippen LogP contribution in [0.2, 0.25) is 0 Å². The lowest BCUT2D eigenvalue weighted by molar-refractivity contribution is -0.149. The number of hydrogen-bond acceptors (Lipinski definition) is 3. The molecule has 0 bridgehead atoms. The molecule has 1 rings (SSSR count). The van der Waals surface area contributed by atoms with Gasteiger partial charge in [-0.2, -0.15) is 0 Å². The van der Waals surface area contributed by atoms with Gasteiger partial charge in [-0.1, -0.05) is 18.7 Å². The van der Waals surface area contributed by atoms with E-state index in [9.17, 15) is 9.59 Å². The molecule has 1 amide bonds. The molecule has 1 aliphatic carbocycles. The molecule has 2 atom stereocenters. The third kappa shape index (κ3) is 4.35. The van der Waals surface area contributed by atoms with Crippen LogP contribution in [0.5, 0.6) is 0 Å². The standard InChI is InChI=1S/C14H21NO3/c1-3-13(16)15-12-10-8-6-5-7-9-11(12)14(17)18-4-2/h3,5-6,11-12H,1,4,7-10H2,2H3,(H,15,16)/b6-5-/t11-,12+/m1/s1. The van der Waals surface area contributed by atoms with Gasteiger partial charge in [-0.15, -0.1) is 0 Å².